The first-order valence-electron chi connectivity index (χ1n) is 12.5. The average molecular weight is 532 g/mol. The summed E-state index contributed by atoms with van der Waals surface area (Å²) in [5.74, 6) is -2.71. The molecule has 0 fully saturated rings. The summed E-state index contributed by atoms with van der Waals surface area (Å²) in [4.78, 5) is 32.3. The summed E-state index contributed by atoms with van der Waals surface area (Å²) in [6.45, 7) is 2.44. The third kappa shape index (κ3) is 5.25. The van der Waals surface area contributed by atoms with Crippen LogP contribution in [0.5, 0.6) is 5.75 Å². The van der Waals surface area contributed by atoms with E-state index in [-0.39, 0.29) is 13.0 Å². The predicted molar refractivity (Wildman–Crippen MR) is 139 cm³/mol. The molecule has 1 N–H and O–H groups in total. The van der Waals surface area contributed by atoms with Gasteiger partial charge in [0.1, 0.15) is 23.4 Å². The lowest BCUT2D eigenvalue weighted by molar-refractivity contribution is -0.151. The van der Waals surface area contributed by atoms with Crippen LogP contribution in [0.15, 0.2) is 73.1 Å². The monoisotopic (exact) mass is 531 g/mol. The number of aromatic nitrogens is 2. The molecule has 0 saturated heterocycles. The van der Waals surface area contributed by atoms with Gasteiger partial charge in [-0.3, -0.25) is 4.79 Å². The van der Waals surface area contributed by atoms with E-state index in [1.165, 1.54) is 53.4 Å². The zero-order valence-electron chi connectivity index (χ0n) is 21.5. The first-order valence-corrected chi connectivity index (χ1v) is 12.5. The maximum Gasteiger partial charge on any atom is 0.326 e. The molecule has 0 spiro atoms. The molecule has 7 nitrogen and oxygen atoms in total. The number of methoxy groups -OCH3 is 1. The molecule has 1 atom stereocenters. The fourth-order valence-corrected chi connectivity index (χ4v) is 5.16. The van der Waals surface area contributed by atoms with E-state index in [2.05, 4.69) is 4.98 Å². The highest BCUT2D eigenvalue weighted by atomic mass is 19.1. The van der Waals surface area contributed by atoms with Gasteiger partial charge in [-0.2, -0.15) is 0 Å². The van der Waals surface area contributed by atoms with Crippen molar-refractivity contribution in [3.05, 3.63) is 118 Å². The minimum Gasteiger partial charge on any atom is -0.496 e. The van der Waals surface area contributed by atoms with E-state index in [0.717, 1.165) is 22.6 Å². The minimum absolute atomic E-state index is 0.00133. The number of aryl methyl sites for hydroxylation is 1. The van der Waals surface area contributed by atoms with Crippen molar-refractivity contribution < 1.29 is 28.2 Å². The van der Waals surface area contributed by atoms with Gasteiger partial charge >= 0.3 is 5.97 Å². The summed E-state index contributed by atoms with van der Waals surface area (Å²) in [5.41, 5.74) is 4.30. The summed E-state index contributed by atoms with van der Waals surface area (Å²) < 4.78 is 34.6. The van der Waals surface area contributed by atoms with Crippen LogP contribution >= 0.6 is 0 Å². The summed E-state index contributed by atoms with van der Waals surface area (Å²) in [5, 5.41) is 10.2. The number of fused-ring (bicyclic) bond motifs is 1. The molecule has 4 aromatic rings. The average Bonchev–Trinajstić information content (AvgIpc) is 3.31. The summed E-state index contributed by atoms with van der Waals surface area (Å²) in [7, 11) is 1.62. The van der Waals surface area contributed by atoms with Gasteiger partial charge in [0.2, 0.25) is 5.91 Å². The van der Waals surface area contributed by atoms with Gasteiger partial charge in [-0.25, -0.2) is 18.6 Å². The number of halogens is 2. The molecule has 5 rings (SSSR count). The van der Waals surface area contributed by atoms with E-state index in [1.807, 2.05) is 29.7 Å². The maximum atomic E-state index is 14.0. The zero-order valence-corrected chi connectivity index (χ0v) is 21.5. The number of carbonyl (C=O) groups excluding carboxylic acids is 1. The normalized spacial score (nSPS) is 14.8. The molecule has 1 unspecified atom stereocenters. The topological polar surface area (TPSA) is 84.7 Å². The minimum atomic E-state index is -1.14. The molecular formula is C30H27F2N3O4. The Bertz CT molecular complexity index is 1470. The van der Waals surface area contributed by atoms with E-state index in [4.69, 9.17) is 4.74 Å². The molecule has 1 aliphatic heterocycles. The van der Waals surface area contributed by atoms with Gasteiger partial charge in [0.25, 0.3) is 0 Å². The molecule has 1 aliphatic rings. The van der Waals surface area contributed by atoms with E-state index in [9.17, 15) is 23.5 Å². The van der Waals surface area contributed by atoms with E-state index >= 15 is 0 Å². The Kier molecular flexibility index (Phi) is 7.15. The van der Waals surface area contributed by atoms with E-state index in [0.29, 0.717) is 23.4 Å². The molecule has 200 valence electrons. The molecule has 3 aromatic carbocycles. The van der Waals surface area contributed by atoms with Crippen LogP contribution in [0.1, 0.15) is 39.6 Å². The lowest BCUT2D eigenvalue weighted by Crippen LogP contribution is -2.50. The number of carboxylic acids is 1. The lowest BCUT2D eigenvalue weighted by atomic mass is 9.88. The van der Waals surface area contributed by atoms with Gasteiger partial charge in [-0.1, -0.05) is 36.4 Å². The maximum absolute atomic E-state index is 14.0. The fourth-order valence-electron chi connectivity index (χ4n) is 5.16. The van der Waals surface area contributed by atoms with Gasteiger partial charge in [0, 0.05) is 18.7 Å². The van der Waals surface area contributed by atoms with Gasteiger partial charge in [-0.05, 0) is 59.5 Å². The van der Waals surface area contributed by atoms with Crippen LogP contribution in [0.3, 0.4) is 0 Å². The molecule has 1 aromatic heterocycles. The van der Waals surface area contributed by atoms with E-state index in [1.54, 1.807) is 13.4 Å². The van der Waals surface area contributed by atoms with Crippen molar-refractivity contribution in [2.24, 2.45) is 0 Å². The van der Waals surface area contributed by atoms with Crippen molar-refractivity contribution in [1.82, 2.24) is 14.5 Å². The lowest BCUT2D eigenvalue weighted by Gasteiger charge is -2.35. The van der Waals surface area contributed by atoms with Gasteiger partial charge in [0.05, 0.1) is 31.6 Å². The number of nitrogens with zero attached hydrogens (tertiary/aromatic N) is 3. The Morgan fingerprint density at radius 1 is 1.03 bits per heavy atom. The number of rotatable bonds is 7. The quantitative estimate of drug-likeness (QED) is 0.374. The van der Waals surface area contributed by atoms with Gasteiger partial charge < -0.3 is 19.3 Å². The van der Waals surface area contributed by atoms with Gasteiger partial charge in [0.15, 0.2) is 0 Å². The number of ether oxygens (including phenoxy) is 1. The molecule has 0 saturated carbocycles. The number of hydrogen-bond acceptors (Lipinski definition) is 4. The summed E-state index contributed by atoms with van der Waals surface area (Å²) >= 11 is 0. The molecule has 39 heavy (non-hydrogen) atoms. The first-order chi connectivity index (χ1) is 18.7. The third-order valence-corrected chi connectivity index (χ3v) is 7.15. The van der Waals surface area contributed by atoms with Crippen molar-refractivity contribution in [2.45, 2.75) is 38.4 Å². The van der Waals surface area contributed by atoms with Gasteiger partial charge in [-0.15, -0.1) is 0 Å². The largest absolute Gasteiger partial charge is 0.496 e. The van der Waals surface area contributed by atoms with Crippen LogP contribution < -0.4 is 4.74 Å². The smallest absolute Gasteiger partial charge is 0.326 e. The Balaban J connectivity index is 1.48. The highest BCUT2D eigenvalue weighted by molar-refractivity contribution is 5.91. The molecule has 1 amide bonds. The number of benzene rings is 3. The van der Waals surface area contributed by atoms with Crippen molar-refractivity contribution >= 4 is 11.9 Å². The number of carbonyl (C=O) groups is 2. The van der Waals surface area contributed by atoms with Crippen molar-refractivity contribution in [2.75, 3.05) is 7.11 Å². The number of imidazole rings is 1. The van der Waals surface area contributed by atoms with Crippen LogP contribution in [0.2, 0.25) is 0 Å². The molecule has 0 aliphatic carbocycles. The number of hydrogen-bond donors (Lipinski definition) is 1. The highest BCUT2D eigenvalue weighted by Crippen LogP contribution is 2.32. The second-order valence-electron chi connectivity index (χ2n) is 9.63. The number of amides is 1. The van der Waals surface area contributed by atoms with Crippen molar-refractivity contribution in [3.63, 3.8) is 0 Å². The standard InChI is InChI=1S/C30H27F2N3O4/c1-18-13-19(3-12-27(18)39-2)15-34-17-33-24-16-35(26(30(37)38)14-25(24)34)29(36)28(20-4-8-22(31)9-5-20)21-6-10-23(32)11-7-21/h3-13,17,26,28H,14-16H2,1-2H3,(H,37,38). The number of carboxylic acid groups (broad SMARTS) is 1. The highest BCUT2D eigenvalue weighted by Gasteiger charge is 2.40. The Hall–Kier alpha value is -4.53. The second-order valence-corrected chi connectivity index (χ2v) is 9.63. The van der Waals surface area contributed by atoms with Crippen LogP contribution in [0.4, 0.5) is 8.78 Å². The van der Waals surface area contributed by atoms with Crippen molar-refractivity contribution in [3.8, 4) is 5.75 Å². The molecule has 9 heteroatoms. The molecule has 0 radical (unpaired) electrons. The number of aliphatic carboxylic acids is 1. The van der Waals surface area contributed by atoms with Crippen LogP contribution in [0.25, 0.3) is 0 Å². The Labute approximate surface area is 224 Å². The Morgan fingerprint density at radius 2 is 1.64 bits per heavy atom. The van der Waals surface area contributed by atoms with Crippen LogP contribution in [-0.4, -0.2) is 44.6 Å². The third-order valence-electron chi connectivity index (χ3n) is 7.15. The SMILES string of the molecule is COc1ccc(Cn2cnc3c2CC(C(=O)O)N(C(=O)C(c2ccc(F)cc2)c2ccc(F)cc2)C3)cc1C. The van der Waals surface area contributed by atoms with Crippen molar-refractivity contribution in [1.29, 1.82) is 0 Å². The summed E-state index contributed by atoms with van der Waals surface area (Å²) in [6.07, 6.45) is 1.74. The second kappa shape index (κ2) is 10.7. The first kappa shape index (κ1) is 26.1. The molecular weight excluding hydrogens is 504 g/mol. The van der Waals surface area contributed by atoms with Crippen LogP contribution in [-0.2, 0) is 29.1 Å². The molecule has 0 bridgehead atoms. The Morgan fingerprint density at radius 3 is 2.18 bits per heavy atom. The molecule has 2 heterocycles. The van der Waals surface area contributed by atoms with E-state index < -0.39 is 35.5 Å². The predicted octanol–water partition coefficient (Wildman–Crippen LogP) is 4.70. The van der Waals surface area contributed by atoms with Crippen LogP contribution in [0, 0.1) is 18.6 Å². The zero-order chi connectivity index (χ0) is 27.7. The summed E-state index contributed by atoms with van der Waals surface area (Å²) in [6, 6.07) is 15.6. The fraction of sp³-hybridized carbons (Fsp3) is 0.233.